The zero-order chi connectivity index (χ0) is 23.2. The highest BCUT2D eigenvalue weighted by Gasteiger charge is 1.95. The predicted molar refractivity (Wildman–Crippen MR) is 118 cm³/mol. The molecule has 0 saturated heterocycles. The highest BCUT2D eigenvalue weighted by molar-refractivity contribution is 4.38. The standard InChI is InChI=1S/C21H45NO10/c1-23-4-5-25-8-9-27-12-13-29-16-17-31-20-21-32-19-18-30-15-14-28-11-10-26-7-6-24-3-2-22/h2-22H2,1H3. The van der Waals surface area contributed by atoms with Crippen LogP contribution in [0.5, 0.6) is 0 Å². The molecule has 0 aromatic heterocycles. The van der Waals surface area contributed by atoms with Gasteiger partial charge in [-0.3, -0.25) is 0 Å². The van der Waals surface area contributed by atoms with Gasteiger partial charge in [0.15, 0.2) is 0 Å². The van der Waals surface area contributed by atoms with E-state index in [1.807, 2.05) is 0 Å². The summed E-state index contributed by atoms with van der Waals surface area (Å²) in [5.74, 6) is 0. The van der Waals surface area contributed by atoms with Crippen molar-refractivity contribution >= 4 is 0 Å². The fourth-order valence-electron chi connectivity index (χ4n) is 2.09. The van der Waals surface area contributed by atoms with E-state index in [-0.39, 0.29) is 0 Å². The van der Waals surface area contributed by atoms with Crippen LogP contribution in [0.1, 0.15) is 0 Å². The fraction of sp³-hybridized carbons (Fsp3) is 1.00. The molecule has 0 rings (SSSR count). The van der Waals surface area contributed by atoms with Crippen molar-refractivity contribution in [3.8, 4) is 0 Å². The Balaban J connectivity index is 2.98. The molecular formula is C21H45NO10. The second-order valence-corrected chi connectivity index (χ2v) is 6.29. The number of methoxy groups -OCH3 is 1. The summed E-state index contributed by atoms with van der Waals surface area (Å²) in [5.41, 5.74) is 5.31. The van der Waals surface area contributed by atoms with Crippen LogP contribution in [0.4, 0.5) is 0 Å². The first kappa shape index (κ1) is 31.6. The van der Waals surface area contributed by atoms with E-state index in [4.69, 9.17) is 53.1 Å². The van der Waals surface area contributed by atoms with Crippen LogP contribution in [0.25, 0.3) is 0 Å². The summed E-state index contributed by atoms with van der Waals surface area (Å²) in [4.78, 5) is 0. The molecule has 0 unspecified atom stereocenters. The Morgan fingerprint density at radius 2 is 0.500 bits per heavy atom. The Bertz CT molecular complexity index is 299. The third-order valence-corrected chi connectivity index (χ3v) is 3.67. The molecule has 0 fully saturated rings. The van der Waals surface area contributed by atoms with E-state index in [1.54, 1.807) is 7.11 Å². The van der Waals surface area contributed by atoms with E-state index in [0.717, 1.165) is 0 Å². The maximum absolute atomic E-state index is 5.43. The Kier molecular flexibility index (Phi) is 30.1. The summed E-state index contributed by atoms with van der Waals surface area (Å²) in [6.07, 6.45) is 0. The number of hydrogen-bond donors (Lipinski definition) is 1. The molecule has 0 radical (unpaired) electrons. The van der Waals surface area contributed by atoms with Crippen LogP contribution in [-0.4, -0.2) is 139 Å². The molecule has 0 bridgehead atoms. The topological polar surface area (TPSA) is 118 Å². The highest BCUT2D eigenvalue weighted by Crippen LogP contribution is 1.86. The lowest BCUT2D eigenvalue weighted by molar-refractivity contribution is -0.0257. The molecule has 0 saturated carbocycles. The van der Waals surface area contributed by atoms with Gasteiger partial charge in [0.2, 0.25) is 0 Å². The van der Waals surface area contributed by atoms with Gasteiger partial charge in [-0.1, -0.05) is 0 Å². The maximum Gasteiger partial charge on any atom is 0.0701 e. The third-order valence-electron chi connectivity index (χ3n) is 3.67. The van der Waals surface area contributed by atoms with Gasteiger partial charge in [0, 0.05) is 13.7 Å². The van der Waals surface area contributed by atoms with Crippen molar-refractivity contribution in [3.63, 3.8) is 0 Å². The van der Waals surface area contributed by atoms with Gasteiger partial charge in [-0.25, -0.2) is 0 Å². The molecule has 0 heterocycles. The van der Waals surface area contributed by atoms with Gasteiger partial charge in [-0.2, -0.15) is 0 Å². The summed E-state index contributed by atoms with van der Waals surface area (Å²) < 4.78 is 53.2. The van der Waals surface area contributed by atoms with Crippen molar-refractivity contribution in [1.82, 2.24) is 0 Å². The summed E-state index contributed by atoms with van der Waals surface area (Å²) in [5, 5.41) is 0. The molecule has 0 spiro atoms. The van der Waals surface area contributed by atoms with Crippen LogP contribution < -0.4 is 5.73 Å². The summed E-state index contributed by atoms with van der Waals surface area (Å²) in [7, 11) is 1.65. The van der Waals surface area contributed by atoms with E-state index in [9.17, 15) is 0 Å². The van der Waals surface area contributed by atoms with Crippen molar-refractivity contribution in [2.24, 2.45) is 5.73 Å². The molecule has 11 nitrogen and oxygen atoms in total. The molecular weight excluding hydrogens is 426 g/mol. The van der Waals surface area contributed by atoms with E-state index < -0.39 is 0 Å². The number of hydrogen-bond acceptors (Lipinski definition) is 11. The van der Waals surface area contributed by atoms with Gasteiger partial charge in [0.1, 0.15) is 0 Å². The Morgan fingerprint density at radius 3 is 0.688 bits per heavy atom. The minimum absolute atomic E-state index is 0.526. The number of ether oxygens (including phenoxy) is 10. The Hall–Kier alpha value is -0.440. The summed E-state index contributed by atoms with van der Waals surface area (Å²) >= 11 is 0. The molecule has 32 heavy (non-hydrogen) atoms. The third kappa shape index (κ3) is 29.6. The van der Waals surface area contributed by atoms with Crippen LogP contribution >= 0.6 is 0 Å². The van der Waals surface area contributed by atoms with E-state index in [1.165, 1.54) is 0 Å². The van der Waals surface area contributed by atoms with Crippen molar-refractivity contribution in [2.75, 3.05) is 139 Å². The lowest BCUT2D eigenvalue weighted by Crippen LogP contribution is -2.15. The van der Waals surface area contributed by atoms with Gasteiger partial charge < -0.3 is 53.1 Å². The Morgan fingerprint density at radius 1 is 0.312 bits per heavy atom. The quantitative estimate of drug-likeness (QED) is 0.145. The van der Waals surface area contributed by atoms with Gasteiger partial charge in [0.25, 0.3) is 0 Å². The van der Waals surface area contributed by atoms with Gasteiger partial charge >= 0.3 is 0 Å². The molecule has 0 aromatic rings. The lowest BCUT2D eigenvalue weighted by atomic mass is 10.6. The predicted octanol–water partition coefficient (Wildman–Crippen LogP) is -0.259. The minimum Gasteiger partial charge on any atom is -0.382 e. The van der Waals surface area contributed by atoms with Crippen LogP contribution in [0.3, 0.4) is 0 Å². The van der Waals surface area contributed by atoms with Gasteiger partial charge in [0.05, 0.1) is 126 Å². The van der Waals surface area contributed by atoms with Gasteiger partial charge in [-0.15, -0.1) is 0 Å². The molecule has 0 aliphatic heterocycles. The largest absolute Gasteiger partial charge is 0.382 e. The molecule has 0 amide bonds. The van der Waals surface area contributed by atoms with E-state index in [2.05, 4.69) is 0 Å². The average molecular weight is 472 g/mol. The van der Waals surface area contributed by atoms with Crippen molar-refractivity contribution < 1.29 is 47.4 Å². The smallest absolute Gasteiger partial charge is 0.0701 e. The summed E-state index contributed by atoms with van der Waals surface area (Å²) in [6, 6.07) is 0. The van der Waals surface area contributed by atoms with Crippen LogP contribution in [0.2, 0.25) is 0 Å². The maximum atomic E-state index is 5.43. The zero-order valence-electron chi connectivity index (χ0n) is 19.8. The van der Waals surface area contributed by atoms with Gasteiger partial charge in [-0.05, 0) is 0 Å². The first-order valence-electron chi connectivity index (χ1n) is 11.3. The van der Waals surface area contributed by atoms with Crippen molar-refractivity contribution in [1.29, 1.82) is 0 Å². The van der Waals surface area contributed by atoms with E-state index >= 15 is 0 Å². The Labute approximate surface area is 193 Å². The molecule has 0 atom stereocenters. The first-order valence-corrected chi connectivity index (χ1v) is 11.3. The second kappa shape index (κ2) is 30.6. The number of nitrogens with two attached hydrogens (primary N) is 1. The monoisotopic (exact) mass is 471 g/mol. The molecule has 194 valence electrons. The van der Waals surface area contributed by atoms with Crippen LogP contribution in [0, 0.1) is 0 Å². The van der Waals surface area contributed by atoms with E-state index in [0.29, 0.717) is 132 Å². The normalized spacial score (nSPS) is 11.4. The van der Waals surface area contributed by atoms with Crippen molar-refractivity contribution in [2.45, 2.75) is 0 Å². The van der Waals surface area contributed by atoms with Crippen LogP contribution in [-0.2, 0) is 47.4 Å². The SMILES string of the molecule is COCCOCCOCCOCCOCCOCCOCCOCCOCCOCCN. The van der Waals surface area contributed by atoms with Crippen LogP contribution in [0.15, 0.2) is 0 Å². The average Bonchev–Trinajstić information content (AvgIpc) is 2.81. The molecule has 0 aliphatic carbocycles. The number of rotatable bonds is 29. The summed E-state index contributed by atoms with van der Waals surface area (Å²) in [6.45, 7) is 10.9. The lowest BCUT2D eigenvalue weighted by Gasteiger charge is -2.08. The fourth-order valence-corrected chi connectivity index (χ4v) is 2.09. The van der Waals surface area contributed by atoms with Crippen molar-refractivity contribution in [3.05, 3.63) is 0 Å². The highest BCUT2D eigenvalue weighted by atomic mass is 16.6. The molecule has 2 N–H and O–H groups in total. The zero-order valence-corrected chi connectivity index (χ0v) is 19.8. The molecule has 0 aromatic carbocycles. The molecule has 11 heteroatoms. The first-order chi connectivity index (χ1) is 15.9. The molecule has 0 aliphatic rings. The minimum atomic E-state index is 0.526. The second-order valence-electron chi connectivity index (χ2n) is 6.29.